The van der Waals surface area contributed by atoms with E-state index < -0.39 is 12.0 Å². The van der Waals surface area contributed by atoms with Crippen LogP contribution in [0.4, 0.5) is 0 Å². The molecule has 0 fully saturated rings. The first-order valence-electron chi connectivity index (χ1n) is 4.41. The van der Waals surface area contributed by atoms with Crippen molar-refractivity contribution >= 4 is 17.6 Å². The molecule has 0 bridgehead atoms. The molecule has 1 aliphatic heterocycles. The van der Waals surface area contributed by atoms with Gasteiger partial charge in [0.15, 0.2) is 0 Å². The lowest BCUT2D eigenvalue weighted by molar-refractivity contribution is -0.139. The van der Waals surface area contributed by atoms with Crippen molar-refractivity contribution in [1.29, 1.82) is 0 Å². The number of rotatable bonds is 1. The fraction of sp³-hybridized carbons (Fsp3) is 0.300. The summed E-state index contributed by atoms with van der Waals surface area (Å²) >= 11 is 5.99. The maximum Gasteiger partial charge on any atom is 0.321 e. The van der Waals surface area contributed by atoms with Crippen molar-refractivity contribution in [3.8, 4) is 0 Å². The molecule has 74 valence electrons. The number of carboxylic acids is 1. The molecular weight excluding hydrogens is 202 g/mol. The molecule has 0 saturated carbocycles. The smallest absolute Gasteiger partial charge is 0.321 e. The van der Waals surface area contributed by atoms with E-state index in [0.717, 1.165) is 11.1 Å². The third-order valence-corrected chi connectivity index (χ3v) is 2.82. The zero-order valence-corrected chi connectivity index (χ0v) is 8.21. The lowest BCUT2D eigenvalue weighted by Gasteiger charge is -2.23. The molecule has 1 atom stereocenters. The van der Waals surface area contributed by atoms with E-state index in [2.05, 4.69) is 5.32 Å². The first kappa shape index (κ1) is 9.49. The van der Waals surface area contributed by atoms with Crippen molar-refractivity contribution in [2.45, 2.75) is 19.0 Å². The Bertz CT molecular complexity index is 378. The minimum absolute atomic E-state index is 0.463. The third-order valence-electron chi connectivity index (χ3n) is 2.46. The second-order valence-electron chi connectivity index (χ2n) is 3.35. The van der Waals surface area contributed by atoms with Gasteiger partial charge in [-0.15, -0.1) is 0 Å². The third kappa shape index (κ3) is 1.61. The van der Waals surface area contributed by atoms with Gasteiger partial charge in [0.2, 0.25) is 0 Å². The molecule has 2 rings (SSSR count). The van der Waals surface area contributed by atoms with E-state index in [0.29, 0.717) is 18.0 Å². The molecule has 0 saturated heterocycles. The summed E-state index contributed by atoms with van der Waals surface area (Å²) in [4.78, 5) is 10.8. The molecular formula is C10H10ClNO2. The molecule has 4 heteroatoms. The second-order valence-corrected chi connectivity index (χ2v) is 3.76. The molecule has 1 aliphatic rings. The fourth-order valence-corrected chi connectivity index (χ4v) is 1.95. The van der Waals surface area contributed by atoms with Crippen molar-refractivity contribution < 1.29 is 9.90 Å². The predicted molar refractivity (Wildman–Crippen MR) is 53.4 cm³/mol. The summed E-state index contributed by atoms with van der Waals surface area (Å²) in [6.07, 6.45) is 0.463. The van der Waals surface area contributed by atoms with Gasteiger partial charge in [0, 0.05) is 18.0 Å². The Kier molecular flexibility index (Phi) is 2.44. The number of aliphatic carboxylic acids is 1. The topological polar surface area (TPSA) is 49.3 Å². The number of fused-ring (bicyclic) bond motifs is 1. The van der Waals surface area contributed by atoms with Crippen molar-refractivity contribution in [2.24, 2.45) is 0 Å². The normalized spacial score (nSPS) is 20.2. The molecule has 0 aliphatic carbocycles. The summed E-state index contributed by atoms with van der Waals surface area (Å²) in [5.41, 5.74) is 2.05. The molecule has 14 heavy (non-hydrogen) atoms. The number of hydrogen-bond acceptors (Lipinski definition) is 2. The molecule has 0 unspecified atom stereocenters. The maximum absolute atomic E-state index is 10.8. The molecule has 3 nitrogen and oxygen atoms in total. The predicted octanol–water partition coefficient (Wildman–Crippen LogP) is 1.44. The van der Waals surface area contributed by atoms with Crippen LogP contribution >= 0.6 is 11.6 Å². The van der Waals surface area contributed by atoms with E-state index in [-0.39, 0.29) is 0 Å². The Morgan fingerprint density at radius 2 is 2.36 bits per heavy atom. The van der Waals surface area contributed by atoms with Gasteiger partial charge in [-0.1, -0.05) is 23.7 Å². The number of nitrogens with one attached hydrogen (secondary N) is 1. The Labute approximate surface area is 86.7 Å². The van der Waals surface area contributed by atoms with Crippen LogP contribution in [-0.4, -0.2) is 17.1 Å². The van der Waals surface area contributed by atoms with Crippen LogP contribution in [0.3, 0.4) is 0 Å². The van der Waals surface area contributed by atoms with Crippen LogP contribution in [0, 0.1) is 0 Å². The van der Waals surface area contributed by atoms with Crippen molar-refractivity contribution in [1.82, 2.24) is 5.32 Å². The number of halogens is 1. The van der Waals surface area contributed by atoms with Gasteiger partial charge in [-0.3, -0.25) is 4.79 Å². The van der Waals surface area contributed by atoms with Gasteiger partial charge in [0.25, 0.3) is 0 Å². The lowest BCUT2D eigenvalue weighted by Crippen LogP contribution is -2.41. The summed E-state index contributed by atoms with van der Waals surface area (Å²) in [6.45, 7) is 0.576. The summed E-state index contributed by atoms with van der Waals surface area (Å²) < 4.78 is 0. The zero-order valence-electron chi connectivity index (χ0n) is 7.46. The van der Waals surface area contributed by atoms with Crippen LogP contribution < -0.4 is 5.32 Å². The Morgan fingerprint density at radius 3 is 3.07 bits per heavy atom. The lowest BCUT2D eigenvalue weighted by atomic mass is 9.96. The first-order valence-corrected chi connectivity index (χ1v) is 4.78. The highest BCUT2D eigenvalue weighted by molar-refractivity contribution is 6.31. The van der Waals surface area contributed by atoms with Gasteiger partial charge in [-0.05, 0) is 17.2 Å². The highest BCUT2D eigenvalue weighted by atomic mass is 35.5. The van der Waals surface area contributed by atoms with Crippen LogP contribution in [0.5, 0.6) is 0 Å². The van der Waals surface area contributed by atoms with Gasteiger partial charge >= 0.3 is 5.97 Å². The highest BCUT2D eigenvalue weighted by Gasteiger charge is 2.24. The maximum atomic E-state index is 10.8. The SMILES string of the molecule is O=C(O)[C@H]1Cc2c(Cl)cccc2CN1. The molecule has 0 spiro atoms. The highest BCUT2D eigenvalue weighted by Crippen LogP contribution is 2.24. The van der Waals surface area contributed by atoms with Crippen molar-refractivity contribution in [3.63, 3.8) is 0 Å². The molecule has 2 N–H and O–H groups in total. The summed E-state index contributed by atoms with van der Waals surface area (Å²) in [5.74, 6) is -0.824. The van der Waals surface area contributed by atoms with Crippen molar-refractivity contribution in [3.05, 3.63) is 34.3 Å². The van der Waals surface area contributed by atoms with Gasteiger partial charge in [-0.25, -0.2) is 0 Å². The van der Waals surface area contributed by atoms with E-state index in [1.54, 1.807) is 6.07 Å². The van der Waals surface area contributed by atoms with Crippen LogP contribution in [-0.2, 0) is 17.8 Å². The van der Waals surface area contributed by atoms with Gasteiger partial charge < -0.3 is 10.4 Å². The van der Waals surface area contributed by atoms with E-state index in [1.165, 1.54) is 0 Å². The van der Waals surface area contributed by atoms with Crippen LogP contribution in [0.15, 0.2) is 18.2 Å². The fourth-order valence-electron chi connectivity index (χ4n) is 1.68. The van der Waals surface area contributed by atoms with E-state index in [1.807, 2.05) is 12.1 Å². The summed E-state index contributed by atoms with van der Waals surface area (Å²) in [7, 11) is 0. The van der Waals surface area contributed by atoms with Gasteiger partial charge in [0.05, 0.1) is 0 Å². The number of benzene rings is 1. The average molecular weight is 212 g/mol. The number of carboxylic acid groups (broad SMARTS) is 1. The van der Waals surface area contributed by atoms with Crippen LogP contribution in [0.1, 0.15) is 11.1 Å². The van der Waals surface area contributed by atoms with Crippen LogP contribution in [0.2, 0.25) is 5.02 Å². The minimum Gasteiger partial charge on any atom is -0.480 e. The molecule has 1 heterocycles. The molecule has 1 aromatic rings. The quantitative estimate of drug-likeness (QED) is 0.739. The minimum atomic E-state index is -0.824. The summed E-state index contributed by atoms with van der Waals surface area (Å²) in [6, 6.07) is 5.13. The molecule has 0 radical (unpaired) electrons. The van der Waals surface area contributed by atoms with E-state index in [4.69, 9.17) is 16.7 Å². The Morgan fingerprint density at radius 1 is 1.57 bits per heavy atom. The van der Waals surface area contributed by atoms with Gasteiger partial charge in [0.1, 0.15) is 6.04 Å². The molecule has 1 aromatic carbocycles. The first-order chi connectivity index (χ1) is 6.68. The Hall–Kier alpha value is -1.06. The number of carbonyl (C=O) groups is 1. The molecule has 0 aromatic heterocycles. The van der Waals surface area contributed by atoms with Crippen molar-refractivity contribution in [2.75, 3.05) is 0 Å². The Balaban J connectivity index is 2.33. The zero-order chi connectivity index (χ0) is 10.1. The summed E-state index contributed by atoms with van der Waals surface area (Å²) in [5, 5.41) is 12.5. The monoisotopic (exact) mass is 211 g/mol. The second kappa shape index (κ2) is 3.59. The average Bonchev–Trinajstić information content (AvgIpc) is 2.18. The van der Waals surface area contributed by atoms with E-state index in [9.17, 15) is 4.79 Å². The van der Waals surface area contributed by atoms with Gasteiger partial charge in [-0.2, -0.15) is 0 Å². The van der Waals surface area contributed by atoms with Crippen LogP contribution in [0.25, 0.3) is 0 Å². The largest absolute Gasteiger partial charge is 0.480 e. The standard InChI is InChI=1S/C10H10ClNO2/c11-8-3-1-2-6-5-12-9(10(13)14)4-7(6)8/h1-3,9,12H,4-5H2,(H,13,14)/t9-/m1/s1. The number of hydrogen-bond donors (Lipinski definition) is 2. The molecule has 0 amide bonds. The van der Waals surface area contributed by atoms with E-state index >= 15 is 0 Å².